The highest BCUT2D eigenvalue weighted by atomic mass is 35.5. The van der Waals surface area contributed by atoms with E-state index in [0.717, 1.165) is 0 Å². The van der Waals surface area contributed by atoms with E-state index in [0.29, 0.717) is 28.2 Å². The Morgan fingerprint density at radius 3 is 2.72 bits per heavy atom. The fourth-order valence-corrected chi connectivity index (χ4v) is 2.70. The summed E-state index contributed by atoms with van der Waals surface area (Å²) < 4.78 is 15.4. The first-order valence-electron chi connectivity index (χ1n) is 8.88. The number of hydrogen-bond donors (Lipinski definition) is 1. The monoisotopic (exact) mass is 415 g/mol. The minimum Gasteiger partial charge on any atom is -0.482 e. The highest BCUT2D eigenvalue weighted by molar-refractivity contribution is 6.30. The van der Waals surface area contributed by atoms with Gasteiger partial charge in [0.05, 0.1) is 6.61 Å². The summed E-state index contributed by atoms with van der Waals surface area (Å²) in [4.78, 5) is 35.8. The number of amides is 1. The van der Waals surface area contributed by atoms with Crippen LogP contribution in [0.25, 0.3) is 11.0 Å². The van der Waals surface area contributed by atoms with Gasteiger partial charge < -0.3 is 19.2 Å². The molecule has 1 N–H and O–H groups in total. The van der Waals surface area contributed by atoms with Crippen LogP contribution in [0.5, 0.6) is 5.75 Å². The Bertz CT molecular complexity index is 1080. The van der Waals surface area contributed by atoms with Crippen molar-refractivity contribution in [3.05, 3.63) is 75.6 Å². The zero-order chi connectivity index (χ0) is 20.6. The highest BCUT2D eigenvalue weighted by Gasteiger charge is 2.13. The van der Waals surface area contributed by atoms with Gasteiger partial charge in [0.1, 0.15) is 16.9 Å². The molecule has 0 radical (unpaired) electrons. The number of carbonyl (C=O) groups is 2. The summed E-state index contributed by atoms with van der Waals surface area (Å²) in [5.74, 6) is -0.609. The number of fused-ring (bicyclic) bond motifs is 1. The van der Waals surface area contributed by atoms with Gasteiger partial charge in [-0.05, 0) is 36.8 Å². The largest absolute Gasteiger partial charge is 0.482 e. The predicted octanol–water partition coefficient (Wildman–Crippen LogP) is 3.19. The lowest BCUT2D eigenvalue weighted by Gasteiger charge is -2.08. The first kappa shape index (κ1) is 20.4. The molecule has 8 heteroatoms. The maximum atomic E-state index is 12.2. The third-order valence-corrected chi connectivity index (χ3v) is 4.14. The lowest BCUT2D eigenvalue weighted by atomic mass is 10.2. The quantitative estimate of drug-likeness (QED) is 0.345. The molecule has 0 fully saturated rings. The zero-order valence-electron chi connectivity index (χ0n) is 15.4. The van der Waals surface area contributed by atoms with Gasteiger partial charge in [-0.25, -0.2) is 9.59 Å². The van der Waals surface area contributed by atoms with E-state index in [9.17, 15) is 14.4 Å². The number of esters is 1. The van der Waals surface area contributed by atoms with Gasteiger partial charge in [0.2, 0.25) is 0 Å². The summed E-state index contributed by atoms with van der Waals surface area (Å²) >= 11 is 5.83. The second-order valence-corrected chi connectivity index (χ2v) is 6.50. The highest BCUT2D eigenvalue weighted by Crippen LogP contribution is 2.17. The van der Waals surface area contributed by atoms with Gasteiger partial charge >= 0.3 is 11.6 Å². The Hall–Kier alpha value is -3.32. The molecule has 1 aromatic heterocycles. The maximum Gasteiger partial charge on any atom is 0.349 e. The first-order chi connectivity index (χ1) is 14.0. The molecule has 0 aliphatic carbocycles. The van der Waals surface area contributed by atoms with Crippen LogP contribution >= 0.6 is 11.6 Å². The van der Waals surface area contributed by atoms with Crippen LogP contribution < -0.4 is 15.7 Å². The van der Waals surface area contributed by atoms with Gasteiger partial charge in [0, 0.05) is 17.0 Å². The van der Waals surface area contributed by atoms with Crippen molar-refractivity contribution in [2.75, 3.05) is 19.8 Å². The van der Waals surface area contributed by atoms with Crippen LogP contribution in [0.1, 0.15) is 16.8 Å². The first-order valence-corrected chi connectivity index (χ1v) is 9.26. The molecule has 3 aromatic rings. The Morgan fingerprint density at radius 1 is 1.07 bits per heavy atom. The fourth-order valence-electron chi connectivity index (χ4n) is 2.52. The smallest absolute Gasteiger partial charge is 0.349 e. The molecule has 0 aliphatic rings. The number of carbonyl (C=O) groups excluding carboxylic acids is 2. The third kappa shape index (κ3) is 5.83. The summed E-state index contributed by atoms with van der Waals surface area (Å²) in [6.45, 7) is 0.0860. The normalized spacial score (nSPS) is 10.5. The molecule has 1 amide bonds. The van der Waals surface area contributed by atoms with E-state index in [2.05, 4.69) is 5.32 Å². The van der Waals surface area contributed by atoms with Crippen molar-refractivity contribution in [2.45, 2.75) is 6.42 Å². The molecule has 0 spiro atoms. The number of ether oxygens (including phenoxy) is 2. The van der Waals surface area contributed by atoms with Gasteiger partial charge in [0.25, 0.3) is 5.91 Å². The minimum atomic E-state index is -0.703. The van der Waals surface area contributed by atoms with Crippen molar-refractivity contribution in [1.82, 2.24) is 5.32 Å². The Kier molecular flexibility index (Phi) is 6.86. The topological polar surface area (TPSA) is 94.8 Å². The zero-order valence-corrected chi connectivity index (χ0v) is 16.1. The van der Waals surface area contributed by atoms with Crippen LogP contribution in [0.15, 0.2) is 63.8 Å². The minimum absolute atomic E-state index is 0.0735. The molecule has 0 saturated heterocycles. The average molecular weight is 416 g/mol. The number of rotatable bonds is 8. The lowest BCUT2D eigenvalue weighted by molar-refractivity contribution is -0.146. The molecule has 0 unspecified atom stereocenters. The Morgan fingerprint density at radius 2 is 1.90 bits per heavy atom. The van der Waals surface area contributed by atoms with Crippen LogP contribution in [0.4, 0.5) is 0 Å². The van der Waals surface area contributed by atoms with Gasteiger partial charge in [-0.1, -0.05) is 35.9 Å². The van der Waals surface area contributed by atoms with E-state index in [1.54, 1.807) is 48.5 Å². The van der Waals surface area contributed by atoms with Crippen molar-refractivity contribution in [3.63, 3.8) is 0 Å². The van der Waals surface area contributed by atoms with Crippen LogP contribution in [-0.4, -0.2) is 31.6 Å². The number of benzene rings is 2. The SMILES string of the molecule is O=C(COc1cccc(Cl)c1)OCCCNC(=O)c1cc2ccccc2oc1=O. The van der Waals surface area contributed by atoms with Crippen molar-refractivity contribution in [1.29, 1.82) is 0 Å². The third-order valence-electron chi connectivity index (χ3n) is 3.91. The molecule has 0 aliphatic heterocycles. The van der Waals surface area contributed by atoms with Crippen LogP contribution in [-0.2, 0) is 9.53 Å². The van der Waals surface area contributed by atoms with Crippen LogP contribution in [0.2, 0.25) is 5.02 Å². The molecular weight excluding hydrogens is 398 g/mol. The molecule has 0 bridgehead atoms. The molecule has 3 rings (SSSR count). The molecular formula is C21H18ClNO6. The van der Waals surface area contributed by atoms with Crippen molar-refractivity contribution >= 4 is 34.4 Å². The summed E-state index contributed by atoms with van der Waals surface area (Å²) in [7, 11) is 0. The number of nitrogens with one attached hydrogen (secondary N) is 1. The van der Waals surface area contributed by atoms with Crippen molar-refractivity contribution < 1.29 is 23.5 Å². The van der Waals surface area contributed by atoms with Crippen LogP contribution in [0, 0.1) is 0 Å². The second-order valence-electron chi connectivity index (χ2n) is 6.06. The molecule has 0 atom stereocenters. The number of hydrogen-bond acceptors (Lipinski definition) is 6. The van der Waals surface area contributed by atoms with Gasteiger partial charge in [-0.3, -0.25) is 4.79 Å². The molecule has 29 heavy (non-hydrogen) atoms. The van der Waals surface area contributed by atoms with E-state index >= 15 is 0 Å². The van der Waals surface area contributed by atoms with E-state index < -0.39 is 17.5 Å². The average Bonchev–Trinajstić information content (AvgIpc) is 2.71. The summed E-state index contributed by atoms with van der Waals surface area (Å²) in [6.07, 6.45) is 0.382. The second kappa shape index (κ2) is 9.75. The van der Waals surface area contributed by atoms with Crippen molar-refractivity contribution in [2.24, 2.45) is 0 Å². The van der Waals surface area contributed by atoms with Gasteiger partial charge in [-0.15, -0.1) is 0 Å². The molecule has 150 valence electrons. The van der Waals surface area contributed by atoms with E-state index in [1.165, 1.54) is 6.07 Å². The molecule has 0 saturated carbocycles. The van der Waals surface area contributed by atoms with E-state index in [1.807, 2.05) is 0 Å². The molecule has 7 nitrogen and oxygen atoms in total. The summed E-state index contributed by atoms with van der Waals surface area (Å²) in [6, 6.07) is 15.1. The summed E-state index contributed by atoms with van der Waals surface area (Å²) in [5.41, 5.74) is -0.359. The standard InChI is InChI=1S/C21H18ClNO6/c22-15-6-3-7-16(12-15)28-13-19(24)27-10-4-9-23-20(25)17-11-14-5-1-2-8-18(14)29-21(17)26/h1-3,5-8,11-12H,4,9-10,13H2,(H,23,25). The maximum absolute atomic E-state index is 12.2. The predicted molar refractivity (Wildman–Crippen MR) is 107 cm³/mol. The molecule has 2 aromatic carbocycles. The summed E-state index contributed by atoms with van der Waals surface area (Å²) in [5, 5.41) is 3.77. The van der Waals surface area contributed by atoms with Crippen molar-refractivity contribution in [3.8, 4) is 5.75 Å². The van der Waals surface area contributed by atoms with Crippen LogP contribution in [0.3, 0.4) is 0 Å². The lowest BCUT2D eigenvalue weighted by Crippen LogP contribution is -2.29. The fraction of sp³-hybridized carbons (Fsp3) is 0.190. The van der Waals surface area contributed by atoms with E-state index in [-0.39, 0.29) is 25.3 Å². The Labute approximate surface area is 171 Å². The van der Waals surface area contributed by atoms with Gasteiger partial charge in [0.15, 0.2) is 6.61 Å². The van der Waals surface area contributed by atoms with E-state index in [4.69, 9.17) is 25.5 Å². The Balaban J connectivity index is 1.39. The molecule has 1 heterocycles. The van der Waals surface area contributed by atoms with Gasteiger partial charge in [-0.2, -0.15) is 0 Å². The number of halogens is 1. The number of para-hydroxylation sites is 1.